The second kappa shape index (κ2) is 5.14. The summed E-state index contributed by atoms with van der Waals surface area (Å²) in [5.41, 5.74) is 5.44. The van der Waals surface area contributed by atoms with Crippen LogP contribution in [0.1, 0.15) is 22.7 Å². The van der Waals surface area contributed by atoms with Crippen molar-refractivity contribution in [1.82, 2.24) is 10.2 Å². The molecule has 0 aliphatic carbocycles. The molecular formula is C11H17N3O2. The van der Waals surface area contributed by atoms with Crippen LogP contribution < -0.4 is 11.1 Å². The third-order valence-electron chi connectivity index (χ3n) is 2.70. The highest BCUT2D eigenvalue weighted by atomic mass is 16.4. The predicted octanol–water partition coefficient (Wildman–Crippen LogP) is 0.174. The molecular weight excluding hydrogens is 206 g/mol. The first-order valence-corrected chi connectivity index (χ1v) is 5.60. The van der Waals surface area contributed by atoms with Crippen LogP contribution in [0, 0.1) is 0 Å². The predicted molar refractivity (Wildman–Crippen MR) is 60.0 cm³/mol. The molecule has 0 aromatic carbocycles. The van der Waals surface area contributed by atoms with E-state index in [1.54, 1.807) is 12.1 Å². The zero-order valence-corrected chi connectivity index (χ0v) is 9.24. The first-order chi connectivity index (χ1) is 7.81. The Kier molecular flexibility index (Phi) is 3.58. The van der Waals surface area contributed by atoms with E-state index in [1.807, 2.05) is 4.90 Å². The molecule has 1 aliphatic rings. The van der Waals surface area contributed by atoms with Crippen molar-refractivity contribution in [1.29, 1.82) is 0 Å². The third kappa shape index (κ3) is 2.43. The summed E-state index contributed by atoms with van der Waals surface area (Å²) in [5, 5.41) is 3.26. The van der Waals surface area contributed by atoms with E-state index in [9.17, 15) is 4.79 Å². The van der Waals surface area contributed by atoms with E-state index < -0.39 is 0 Å². The van der Waals surface area contributed by atoms with Crippen LogP contribution in [0.5, 0.6) is 0 Å². The fourth-order valence-corrected chi connectivity index (χ4v) is 1.81. The molecule has 16 heavy (non-hydrogen) atoms. The summed E-state index contributed by atoms with van der Waals surface area (Å²) in [7, 11) is 0. The zero-order chi connectivity index (χ0) is 11.4. The Labute approximate surface area is 94.6 Å². The molecule has 1 aliphatic heterocycles. The van der Waals surface area contributed by atoms with Gasteiger partial charge in [0, 0.05) is 19.6 Å². The number of carbonyl (C=O) groups excluding carboxylic acids is 1. The number of hydrogen-bond acceptors (Lipinski definition) is 4. The Hall–Kier alpha value is -1.33. The summed E-state index contributed by atoms with van der Waals surface area (Å²) >= 11 is 0. The fraction of sp³-hybridized carbons (Fsp3) is 0.545. The van der Waals surface area contributed by atoms with E-state index in [0.717, 1.165) is 32.6 Å². The number of nitrogens with one attached hydrogen (secondary N) is 1. The number of hydrogen-bond donors (Lipinski definition) is 2. The lowest BCUT2D eigenvalue weighted by Crippen LogP contribution is -2.33. The smallest absolute Gasteiger partial charge is 0.289 e. The minimum absolute atomic E-state index is 0.0385. The summed E-state index contributed by atoms with van der Waals surface area (Å²) in [4.78, 5) is 13.9. The highest BCUT2D eigenvalue weighted by Crippen LogP contribution is 2.11. The average Bonchev–Trinajstić information content (AvgIpc) is 2.62. The number of rotatable bonds is 2. The van der Waals surface area contributed by atoms with Crippen molar-refractivity contribution in [2.24, 2.45) is 5.73 Å². The summed E-state index contributed by atoms with van der Waals surface area (Å²) in [6.07, 6.45) is 0.982. The largest absolute Gasteiger partial charge is 0.455 e. The number of nitrogens with two attached hydrogens (primary N) is 1. The van der Waals surface area contributed by atoms with Crippen LogP contribution in [0.3, 0.4) is 0 Å². The van der Waals surface area contributed by atoms with Crippen LogP contribution in [0.25, 0.3) is 0 Å². The topological polar surface area (TPSA) is 71.5 Å². The number of carbonyl (C=O) groups is 1. The van der Waals surface area contributed by atoms with Crippen LogP contribution >= 0.6 is 0 Å². The molecule has 2 heterocycles. The maximum absolute atomic E-state index is 12.0. The van der Waals surface area contributed by atoms with E-state index in [-0.39, 0.29) is 5.91 Å². The Morgan fingerprint density at radius 3 is 3.06 bits per heavy atom. The minimum Gasteiger partial charge on any atom is -0.455 e. The van der Waals surface area contributed by atoms with E-state index in [0.29, 0.717) is 18.1 Å². The average molecular weight is 223 g/mol. The third-order valence-corrected chi connectivity index (χ3v) is 2.70. The molecule has 1 amide bonds. The van der Waals surface area contributed by atoms with Gasteiger partial charge in [0.25, 0.3) is 5.91 Å². The van der Waals surface area contributed by atoms with Gasteiger partial charge in [0.15, 0.2) is 5.76 Å². The standard InChI is InChI=1S/C11H17N3O2/c12-8-9-2-3-10(16-9)11(15)14-6-1-4-13-5-7-14/h2-3,13H,1,4-8,12H2. The molecule has 5 heteroatoms. The second-order valence-corrected chi connectivity index (χ2v) is 3.87. The van der Waals surface area contributed by atoms with Crippen molar-refractivity contribution in [2.75, 3.05) is 26.2 Å². The van der Waals surface area contributed by atoms with Gasteiger partial charge in [0.1, 0.15) is 5.76 Å². The molecule has 3 N–H and O–H groups in total. The molecule has 1 aromatic heterocycles. The Bertz CT molecular complexity index is 354. The van der Waals surface area contributed by atoms with E-state index >= 15 is 0 Å². The Balaban J connectivity index is 2.05. The van der Waals surface area contributed by atoms with Gasteiger partial charge in [0.05, 0.1) is 6.54 Å². The van der Waals surface area contributed by atoms with Gasteiger partial charge in [-0.2, -0.15) is 0 Å². The molecule has 88 valence electrons. The van der Waals surface area contributed by atoms with Crippen molar-refractivity contribution < 1.29 is 9.21 Å². The first kappa shape index (κ1) is 11.2. The molecule has 1 fully saturated rings. The van der Waals surface area contributed by atoms with E-state index in [4.69, 9.17) is 10.2 Å². The van der Waals surface area contributed by atoms with E-state index in [2.05, 4.69) is 5.32 Å². The molecule has 1 aromatic rings. The van der Waals surface area contributed by atoms with Gasteiger partial charge in [-0.1, -0.05) is 0 Å². The van der Waals surface area contributed by atoms with Gasteiger partial charge < -0.3 is 20.4 Å². The van der Waals surface area contributed by atoms with Crippen molar-refractivity contribution in [3.05, 3.63) is 23.7 Å². The molecule has 2 rings (SSSR count). The highest BCUT2D eigenvalue weighted by molar-refractivity contribution is 5.91. The van der Waals surface area contributed by atoms with Crippen LogP contribution in [0.4, 0.5) is 0 Å². The Morgan fingerprint density at radius 2 is 2.31 bits per heavy atom. The molecule has 0 unspecified atom stereocenters. The minimum atomic E-state index is -0.0385. The number of furan rings is 1. The molecule has 0 spiro atoms. The van der Waals surface area contributed by atoms with Crippen molar-refractivity contribution in [3.63, 3.8) is 0 Å². The van der Waals surface area contributed by atoms with Crippen LogP contribution in [-0.2, 0) is 6.54 Å². The lowest BCUT2D eigenvalue weighted by Gasteiger charge is -2.18. The monoisotopic (exact) mass is 223 g/mol. The summed E-state index contributed by atoms with van der Waals surface area (Å²) in [6, 6.07) is 3.45. The Morgan fingerprint density at radius 1 is 1.44 bits per heavy atom. The van der Waals surface area contributed by atoms with Crippen molar-refractivity contribution >= 4 is 5.91 Å². The maximum Gasteiger partial charge on any atom is 0.289 e. The summed E-state index contributed by atoms with van der Waals surface area (Å²) in [6.45, 7) is 3.66. The van der Waals surface area contributed by atoms with Gasteiger partial charge in [-0.05, 0) is 25.1 Å². The van der Waals surface area contributed by atoms with Gasteiger partial charge in [-0.15, -0.1) is 0 Å². The molecule has 0 radical (unpaired) electrons. The van der Waals surface area contributed by atoms with Gasteiger partial charge >= 0.3 is 0 Å². The van der Waals surface area contributed by atoms with Gasteiger partial charge in [-0.3, -0.25) is 4.79 Å². The molecule has 0 atom stereocenters. The zero-order valence-electron chi connectivity index (χ0n) is 9.24. The van der Waals surface area contributed by atoms with Crippen LogP contribution in [-0.4, -0.2) is 37.0 Å². The summed E-state index contributed by atoms with van der Waals surface area (Å²) < 4.78 is 5.35. The molecule has 0 bridgehead atoms. The lowest BCUT2D eigenvalue weighted by atomic mass is 10.3. The van der Waals surface area contributed by atoms with Crippen molar-refractivity contribution in [2.45, 2.75) is 13.0 Å². The molecule has 0 saturated carbocycles. The summed E-state index contributed by atoms with van der Waals surface area (Å²) in [5.74, 6) is 1.00. The maximum atomic E-state index is 12.0. The van der Waals surface area contributed by atoms with E-state index in [1.165, 1.54) is 0 Å². The lowest BCUT2D eigenvalue weighted by molar-refractivity contribution is 0.0732. The molecule has 1 saturated heterocycles. The van der Waals surface area contributed by atoms with Crippen molar-refractivity contribution in [3.8, 4) is 0 Å². The second-order valence-electron chi connectivity index (χ2n) is 3.87. The SMILES string of the molecule is NCc1ccc(C(=O)N2CCCNCC2)o1. The molecule has 5 nitrogen and oxygen atoms in total. The number of amides is 1. The normalized spacial score (nSPS) is 17.2. The van der Waals surface area contributed by atoms with Gasteiger partial charge in [-0.25, -0.2) is 0 Å². The quantitative estimate of drug-likeness (QED) is 0.750. The number of nitrogens with zero attached hydrogens (tertiary/aromatic N) is 1. The highest BCUT2D eigenvalue weighted by Gasteiger charge is 2.19. The fourth-order valence-electron chi connectivity index (χ4n) is 1.81. The first-order valence-electron chi connectivity index (χ1n) is 5.60. The van der Waals surface area contributed by atoms with Crippen LogP contribution in [0.2, 0.25) is 0 Å². The van der Waals surface area contributed by atoms with Gasteiger partial charge in [0.2, 0.25) is 0 Å². The van der Waals surface area contributed by atoms with Crippen LogP contribution in [0.15, 0.2) is 16.5 Å².